The van der Waals surface area contributed by atoms with Gasteiger partial charge in [-0.25, -0.2) is 4.98 Å². The number of aldehydes is 1. The van der Waals surface area contributed by atoms with Crippen LogP contribution in [-0.2, 0) is 0 Å². The highest BCUT2D eigenvalue weighted by atomic mass is 16.1. The van der Waals surface area contributed by atoms with Gasteiger partial charge in [0, 0.05) is 18.8 Å². The van der Waals surface area contributed by atoms with Crippen LogP contribution >= 0.6 is 0 Å². The maximum Gasteiger partial charge on any atom is 0.153 e. The number of pyridine rings is 1. The van der Waals surface area contributed by atoms with E-state index in [9.17, 15) is 4.79 Å². The van der Waals surface area contributed by atoms with E-state index in [1.165, 1.54) is 12.8 Å². The van der Waals surface area contributed by atoms with Gasteiger partial charge in [-0.3, -0.25) is 4.79 Å². The molecule has 1 aliphatic heterocycles. The number of rotatable bonds is 2. The first-order chi connectivity index (χ1) is 7.72. The Bertz CT molecular complexity index is 378. The van der Waals surface area contributed by atoms with Crippen molar-refractivity contribution >= 4 is 12.1 Å². The summed E-state index contributed by atoms with van der Waals surface area (Å²) in [6.07, 6.45) is 5.01. The lowest BCUT2D eigenvalue weighted by atomic mass is 9.93. The molecule has 0 saturated carbocycles. The van der Waals surface area contributed by atoms with Crippen LogP contribution in [0.1, 0.15) is 37.0 Å². The minimum atomic E-state index is 0.470. The summed E-state index contributed by atoms with van der Waals surface area (Å²) in [6.45, 7) is 5.49. The molecule has 86 valence electrons. The number of anilines is 1. The molecular formula is C13H18N2O. The molecule has 2 rings (SSSR count). The van der Waals surface area contributed by atoms with Crippen molar-refractivity contribution in [3.8, 4) is 0 Å². The Hall–Kier alpha value is -1.38. The van der Waals surface area contributed by atoms with Gasteiger partial charge in [-0.1, -0.05) is 6.92 Å². The zero-order valence-electron chi connectivity index (χ0n) is 9.89. The summed E-state index contributed by atoms with van der Waals surface area (Å²) >= 11 is 0. The molecule has 3 nitrogen and oxygen atoms in total. The van der Waals surface area contributed by atoms with E-state index in [1.54, 1.807) is 6.20 Å². The molecule has 1 fully saturated rings. The molecule has 16 heavy (non-hydrogen) atoms. The number of aromatic nitrogens is 1. The van der Waals surface area contributed by atoms with Crippen LogP contribution in [0.2, 0.25) is 0 Å². The SMILES string of the molecule is CC1CCN(c2ncccc2C=O)C(C)C1. The molecule has 0 amide bonds. The molecule has 1 aromatic rings. The van der Waals surface area contributed by atoms with Crippen LogP contribution in [-0.4, -0.2) is 23.9 Å². The largest absolute Gasteiger partial charge is 0.353 e. The monoisotopic (exact) mass is 218 g/mol. The standard InChI is InChI=1S/C13H18N2O/c1-10-5-7-15(11(2)8-10)13-12(9-16)4-3-6-14-13/h3-4,6,9-11H,5,7-8H2,1-2H3. The Labute approximate surface area is 96.5 Å². The van der Waals surface area contributed by atoms with Crippen LogP contribution in [0.25, 0.3) is 0 Å². The fraction of sp³-hybridized carbons (Fsp3) is 0.538. The molecule has 3 heteroatoms. The van der Waals surface area contributed by atoms with Crippen LogP contribution < -0.4 is 4.90 Å². The molecular weight excluding hydrogens is 200 g/mol. The molecule has 0 spiro atoms. The second-order valence-corrected chi connectivity index (χ2v) is 4.71. The zero-order valence-corrected chi connectivity index (χ0v) is 9.89. The van der Waals surface area contributed by atoms with Crippen molar-refractivity contribution in [3.05, 3.63) is 23.9 Å². The third-order valence-electron chi connectivity index (χ3n) is 3.35. The van der Waals surface area contributed by atoms with Crippen LogP contribution in [0.15, 0.2) is 18.3 Å². The lowest BCUT2D eigenvalue weighted by Crippen LogP contribution is -2.41. The first kappa shape index (κ1) is 11.1. The van der Waals surface area contributed by atoms with Gasteiger partial charge in [0.05, 0.1) is 5.56 Å². The van der Waals surface area contributed by atoms with Crippen LogP contribution in [0.3, 0.4) is 0 Å². The smallest absolute Gasteiger partial charge is 0.153 e. The summed E-state index contributed by atoms with van der Waals surface area (Å²) in [5.74, 6) is 1.62. The molecule has 0 aliphatic carbocycles. The number of nitrogens with zero attached hydrogens (tertiary/aromatic N) is 2. The van der Waals surface area contributed by atoms with E-state index in [0.717, 1.165) is 24.6 Å². The van der Waals surface area contributed by atoms with Gasteiger partial charge in [0.2, 0.25) is 0 Å². The highest BCUT2D eigenvalue weighted by Crippen LogP contribution is 2.27. The first-order valence-corrected chi connectivity index (χ1v) is 5.89. The van der Waals surface area contributed by atoms with E-state index in [1.807, 2.05) is 12.1 Å². The van der Waals surface area contributed by atoms with Crippen LogP contribution in [0, 0.1) is 5.92 Å². The second-order valence-electron chi connectivity index (χ2n) is 4.71. The van der Waals surface area contributed by atoms with E-state index in [4.69, 9.17) is 0 Å². The van der Waals surface area contributed by atoms with E-state index in [-0.39, 0.29) is 0 Å². The molecule has 1 saturated heterocycles. The Balaban J connectivity index is 2.26. The van der Waals surface area contributed by atoms with Gasteiger partial charge in [-0.05, 0) is 37.8 Å². The van der Waals surface area contributed by atoms with Crippen LogP contribution in [0.4, 0.5) is 5.82 Å². The van der Waals surface area contributed by atoms with Crippen LogP contribution in [0.5, 0.6) is 0 Å². The third-order valence-corrected chi connectivity index (χ3v) is 3.35. The maximum atomic E-state index is 11.0. The number of hydrogen-bond donors (Lipinski definition) is 0. The summed E-state index contributed by atoms with van der Waals surface area (Å²) in [5, 5.41) is 0. The highest BCUT2D eigenvalue weighted by Gasteiger charge is 2.25. The quantitative estimate of drug-likeness (QED) is 0.715. The van der Waals surface area contributed by atoms with Gasteiger partial charge in [-0.2, -0.15) is 0 Å². The van der Waals surface area contributed by atoms with Gasteiger partial charge in [0.1, 0.15) is 5.82 Å². The van der Waals surface area contributed by atoms with Gasteiger partial charge in [0.15, 0.2) is 6.29 Å². The lowest BCUT2D eigenvalue weighted by Gasteiger charge is -2.37. The summed E-state index contributed by atoms with van der Waals surface area (Å²) < 4.78 is 0. The molecule has 1 aliphatic rings. The molecule has 0 aromatic carbocycles. The van der Waals surface area contributed by atoms with E-state index < -0.39 is 0 Å². The number of hydrogen-bond acceptors (Lipinski definition) is 3. The number of carbonyl (C=O) groups excluding carboxylic acids is 1. The highest BCUT2D eigenvalue weighted by molar-refractivity contribution is 5.82. The minimum Gasteiger partial charge on any atom is -0.353 e. The minimum absolute atomic E-state index is 0.470. The number of carbonyl (C=O) groups is 1. The molecule has 2 unspecified atom stereocenters. The van der Waals surface area contributed by atoms with Crippen molar-refractivity contribution in [3.63, 3.8) is 0 Å². The van der Waals surface area contributed by atoms with Crippen molar-refractivity contribution in [2.24, 2.45) is 5.92 Å². The Morgan fingerprint density at radius 2 is 2.31 bits per heavy atom. The normalized spacial score (nSPS) is 25.5. The average Bonchev–Trinajstić information content (AvgIpc) is 2.29. The zero-order chi connectivity index (χ0) is 11.5. The third kappa shape index (κ3) is 2.08. The Morgan fingerprint density at radius 3 is 3.00 bits per heavy atom. The lowest BCUT2D eigenvalue weighted by molar-refractivity contribution is 0.112. The fourth-order valence-electron chi connectivity index (χ4n) is 2.46. The molecule has 0 bridgehead atoms. The van der Waals surface area contributed by atoms with Crippen molar-refractivity contribution in [2.45, 2.75) is 32.7 Å². The average molecular weight is 218 g/mol. The molecule has 2 atom stereocenters. The van der Waals surface area contributed by atoms with Crippen molar-refractivity contribution in [2.75, 3.05) is 11.4 Å². The summed E-state index contributed by atoms with van der Waals surface area (Å²) in [5.41, 5.74) is 0.698. The Kier molecular flexibility index (Phi) is 3.22. The second kappa shape index (κ2) is 4.64. The van der Waals surface area contributed by atoms with E-state index in [2.05, 4.69) is 23.7 Å². The van der Waals surface area contributed by atoms with Gasteiger partial charge in [0.25, 0.3) is 0 Å². The summed E-state index contributed by atoms with van der Waals surface area (Å²) in [6, 6.07) is 4.11. The fourth-order valence-corrected chi connectivity index (χ4v) is 2.46. The maximum absolute atomic E-state index is 11.0. The predicted octanol–water partition coefficient (Wildman–Crippen LogP) is 2.52. The predicted molar refractivity (Wildman–Crippen MR) is 64.8 cm³/mol. The Morgan fingerprint density at radius 1 is 1.50 bits per heavy atom. The van der Waals surface area contributed by atoms with E-state index in [0.29, 0.717) is 11.6 Å². The van der Waals surface area contributed by atoms with Crippen molar-refractivity contribution < 1.29 is 4.79 Å². The molecule has 0 N–H and O–H groups in total. The summed E-state index contributed by atoms with van der Waals surface area (Å²) in [7, 11) is 0. The molecule has 1 aromatic heterocycles. The number of piperidine rings is 1. The van der Waals surface area contributed by atoms with Crippen molar-refractivity contribution in [1.82, 2.24) is 4.98 Å². The van der Waals surface area contributed by atoms with Gasteiger partial charge >= 0.3 is 0 Å². The van der Waals surface area contributed by atoms with E-state index >= 15 is 0 Å². The van der Waals surface area contributed by atoms with Gasteiger partial charge in [-0.15, -0.1) is 0 Å². The molecule has 0 radical (unpaired) electrons. The summed E-state index contributed by atoms with van der Waals surface area (Å²) in [4.78, 5) is 17.6. The van der Waals surface area contributed by atoms with Crippen molar-refractivity contribution in [1.29, 1.82) is 0 Å². The first-order valence-electron chi connectivity index (χ1n) is 5.89. The molecule has 2 heterocycles. The topological polar surface area (TPSA) is 33.2 Å². The van der Waals surface area contributed by atoms with Gasteiger partial charge < -0.3 is 4.90 Å².